The van der Waals surface area contributed by atoms with Crippen molar-refractivity contribution in [3.05, 3.63) is 71.8 Å². The summed E-state index contributed by atoms with van der Waals surface area (Å²) in [5.41, 5.74) is 7.93. The lowest BCUT2D eigenvalue weighted by Gasteiger charge is -2.33. The van der Waals surface area contributed by atoms with Gasteiger partial charge in [0.25, 0.3) is 0 Å². The van der Waals surface area contributed by atoms with Crippen molar-refractivity contribution in [2.24, 2.45) is 11.7 Å². The Kier molecular flexibility index (Phi) is 8.95. The molecule has 5 N–H and O–H groups in total. The van der Waals surface area contributed by atoms with Crippen molar-refractivity contribution in [3.63, 3.8) is 0 Å². The summed E-state index contributed by atoms with van der Waals surface area (Å²) in [5, 5.41) is 9.33. The second-order valence-electron chi connectivity index (χ2n) is 10.2. The predicted molar refractivity (Wildman–Crippen MR) is 143 cm³/mol. The van der Waals surface area contributed by atoms with E-state index < -0.39 is 18.1 Å². The first kappa shape index (κ1) is 26.8. The maximum absolute atomic E-state index is 14.0. The summed E-state index contributed by atoms with van der Waals surface area (Å²) in [6.07, 6.45) is 3.44. The van der Waals surface area contributed by atoms with Gasteiger partial charge in [0.05, 0.1) is 12.1 Å². The number of nitrogens with one attached hydrogen (secondary N) is 3. The zero-order chi connectivity index (χ0) is 26.4. The molecule has 8 heteroatoms. The molecule has 0 radical (unpaired) electrons. The minimum atomic E-state index is -0.713. The molecule has 2 aliphatic heterocycles. The quantitative estimate of drug-likeness (QED) is 0.417. The van der Waals surface area contributed by atoms with Gasteiger partial charge in [0.2, 0.25) is 17.7 Å². The molecule has 0 unspecified atom stereocenters. The van der Waals surface area contributed by atoms with E-state index in [0.29, 0.717) is 19.4 Å². The normalized spacial score (nSPS) is 24.3. The Bertz CT molecular complexity index is 1020. The Labute approximate surface area is 219 Å². The third kappa shape index (κ3) is 6.02. The summed E-state index contributed by atoms with van der Waals surface area (Å²) in [5.74, 6) is -0.751. The van der Waals surface area contributed by atoms with Gasteiger partial charge >= 0.3 is 0 Å². The Morgan fingerprint density at radius 1 is 0.973 bits per heavy atom. The summed E-state index contributed by atoms with van der Waals surface area (Å²) in [6, 6.07) is 17.4. The van der Waals surface area contributed by atoms with E-state index in [9.17, 15) is 14.4 Å². The van der Waals surface area contributed by atoms with Gasteiger partial charge in [0, 0.05) is 18.5 Å². The van der Waals surface area contributed by atoms with Crippen LogP contribution in [0.1, 0.15) is 56.2 Å². The Hall–Kier alpha value is -3.23. The summed E-state index contributed by atoms with van der Waals surface area (Å²) in [6.45, 7) is 2.44. The van der Waals surface area contributed by atoms with Crippen LogP contribution < -0.4 is 21.7 Å². The van der Waals surface area contributed by atoms with Gasteiger partial charge in [0.15, 0.2) is 0 Å². The van der Waals surface area contributed by atoms with E-state index >= 15 is 0 Å². The molecule has 2 aromatic rings. The van der Waals surface area contributed by atoms with Crippen LogP contribution in [0.15, 0.2) is 60.7 Å². The Morgan fingerprint density at radius 2 is 1.57 bits per heavy atom. The van der Waals surface area contributed by atoms with Gasteiger partial charge in [0.1, 0.15) is 12.1 Å². The number of hydrogen-bond donors (Lipinski definition) is 4. The average molecular weight is 506 g/mol. The molecular weight excluding hydrogens is 466 g/mol. The molecule has 5 atom stereocenters. The molecular formula is C29H39N5O3. The standard InChI is InChI=1S/C29H39N5O3/c1-3-23(30)27(35)33-26-21(18-31-2)14-15-22-16-17-24(34(22)29(26)37)28(36)32-25(19-10-6-4-7-11-19)20-12-8-5-9-13-20/h4-13,21-26,31H,3,14-18,30H2,1-2H3,(H,32,36)(H,33,35)/t21-,22+,23+,24+,26+/m1/s1. The van der Waals surface area contributed by atoms with Gasteiger partial charge in [-0.2, -0.15) is 0 Å². The van der Waals surface area contributed by atoms with Gasteiger partial charge < -0.3 is 26.6 Å². The van der Waals surface area contributed by atoms with Crippen molar-refractivity contribution >= 4 is 17.7 Å². The summed E-state index contributed by atoms with van der Waals surface area (Å²) in [4.78, 5) is 42.2. The van der Waals surface area contributed by atoms with E-state index in [1.54, 1.807) is 4.90 Å². The fourth-order valence-corrected chi connectivity index (χ4v) is 5.69. The molecule has 0 aliphatic carbocycles. The molecule has 2 fully saturated rings. The first-order valence-electron chi connectivity index (χ1n) is 13.4. The molecule has 2 aromatic carbocycles. The van der Waals surface area contributed by atoms with Crippen molar-refractivity contribution in [1.82, 2.24) is 20.9 Å². The first-order chi connectivity index (χ1) is 17.9. The molecule has 3 amide bonds. The van der Waals surface area contributed by atoms with E-state index in [2.05, 4.69) is 16.0 Å². The first-order valence-corrected chi connectivity index (χ1v) is 13.4. The average Bonchev–Trinajstić information content (AvgIpc) is 3.32. The predicted octanol–water partition coefficient (Wildman–Crippen LogP) is 2.10. The highest BCUT2D eigenvalue weighted by molar-refractivity contribution is 5.94. The largest absolute Gasteiger partial charge is 0.343 e. The van der Waals surface area contributed by atoms with Crippen LogP contribution in [0.4, 0.5) is 0 Å². The minimum Gasteiger partial charge on any atom is -0.343 e. The van der Waals surface area contributed by atoms with Crippen LogP contribution >= 0.6 is 0 Å². The summed E-state index contributed by atoms with van der Waals surface area (Å²) in [7, 11) is 1.84. The summed E-state index contributed by atoms with van der Waals surface area (Å²) < 4.78 is 0. The molecule has 4 rings (SSSR count). The lowest BCUT2D eigenvalue weighted by Crippen LogP contribution is -2.58. The highest BCUT2D eigenvalue weighted by Gasteiger charge is 2.47. The van der Waals surface area contributed by atoms with Gasteiger partial charge in [-0.1, -0.05) is 67.6 Å². The molecule has 2 aliphatic rings. The zero-order valence-corrected chi connectivity index (χ0v) is 21.7. The SMILES string of the molecule is CC[C@H](N)C(=O)N[C@@H]1C(=O)N2[C@@H](CC[C@@H]1CNC)CC[C@H]2C(=O)NC(c1ccccc1)c1ccccc1. The number of hydrogen-bond acceptors (Lipinski definition) is 5. The number of rotatable bonds is 9. The molecule has 37 heavy (non-hydrogen) atoms. The van der Waals surface area contributed by atoms with Crippen LogP contribution in [0.5, 0.6) is 0 Å². The number of carbonyl (C=O) groups excluding carboxylic acids is 3. The van der Waals surface area contributed by atoms with Crippen LogP contribution in [0.3, 0.4) is 0 Å². The number of carbonyl (C=O) groups is 3. The van der Waals surface area contributed by atoms with Crippen molar-refractivity contribution in [1.29, 1.82) is 0 Å². The minimum absolute atomic E-state index is 0.0174. The highest BCUT2D eigenvalue weighted by Crippen LogP contribution is 2.34. The second kappa shape index (κ2) is 12.3. The molecule has 0 spiro atoms. The van der Waals surface area contributed by atoms with Crippen LogP contribution in [0.2, 0.25) is 0 Å². The van der Waals surface area contributed by atoms with Crippen LogP contribution in [-0.2, 0) is 14.4 Å². The fraction of sp³-hybridized carbons (Fsp3) is 0.483. The zero-order valence-electron chi connectivity index (χ0n) is 21.7. The third-order valence-electron chi connectivity index (χ3n) is 7.76. The number of benzene rings is 2. The monoisotopic (exact) mass is 505 g/mol. The Morgan fingerprint density at radius 3 is 2.14 bits per heavy atom. The lowest BCUT2D eigenvalue weighted by molar-refractivity contribution is -0.143. The topological polar surface area (TPSA) is 117 Å². The van der Waals surface area contributed by atoms with E-state index in [1.807, 2.05) is 74.6 Å². The molecule has 198 valence electrons. The smallest absolute Gasteiger partial charge is 0.246 e. The van der Waals surface area contributed by atoms with E-state index in [-0.39, 0.29) is 35.7 Å². The van der Waals surface area contributed by atoms with Crippen LogP contribution in [-0.4, -0.2) is 60.4 Å². The van der Waals surface area contributed by atoms with Gasteiger partial charge in [-0.25, -0.2) is 0 Å². The Balaban J connectivity index is 1.58. The molecule has 2 saturated heterocycles. The number of amides is 3. The van der Waals surface area contributed by atoms with Crippen molar-refractivity contribution in [2.45, 2.75) is 69.2 Å². The van der Waals surface area contributed by atoms with Crippen molar-refractivity contribution in [3.8, 4) is 0 Å². The lowest BCUT2D eigenvalue weighted by atomic mass is 9.92. The molecule has 2 heterocycles. The number of nitrogens with two attached hydrogens (primary N) is 1. The molecule has 8 nitrogen and oxygen atoms in total. The maximum Gasteiger partial charge on any atom is 0.246 e. The third-order valence-corrected chi connectivity index (χ3v) is 7.76. The van der Waals surface area contributed by atoms with Gasteiger partial charge in [-0.3, -0.25) is 14.4 Å². The number of fused-ring (bicyclic) bond motifs is 1. The van der Waals surface area contributed by atoms with Crippen molar-refractivity contribution < 1.29 is 14.4 Å². The number of nitrogens with zero attached hydrogens (tertiary/aromatic N) is 1. The summed E-state index contributed by atoms with van der Waals surface area (Å²) >= 11 is 0. The second-order valence-corrected chi connectivity index (χ2v) is 10.2. The van der Waals surface area contributed by atoms with E-state index in [1.165, 1.54) is 0 Å². The highest BCUT2D eigenvalue weighted by atomic mass is 16.2. The molecule has 0 aromatic heterocycles. The maximum atomic E-state index is 14.0. The van der Waals surface area contributed by atoms with Crippen LogP contribution in [0, 0.1) is 5.92 Å². The van der Waals surface area contributed by atoms with E-state index in [4.69, 9.17) is 5.73 Å². The van der Waals surface area contributed by atoms with Gasteiger partial charge in [-0.15, -0.1) is 0 Å². The fourth-order valence-electron chi connectivity index (χ4n) is 5.69. The molecule has 0 saturated carbocycles. The van der Waals surface area contributed by atoms with Crippen LogP contribution in [0.25, 0.3) is 0 Å². The van der Waals surface area contributed by atoms with Gasteiger partial charge in [-0.05, 0) is 50.3 Å². The van der Waals surface area contributed by atoms with Crippen molar-refractivity contribution in [2.75, 3.05) is 13.6 Å². The van der Waals surface area contributed by atoms with E-state index in [0.717, 1.165) is 30.4 Å². The molecule has 0 bridgehead atoms.